The lowest BCUT2D eigenvalue weighted by Gasteiger charge is -2.08. The molecule has 1 N–H and O–H groups in total. The number of imidazole rings is 1. The Labute approximate surface area is 133 Å². The molecule has 0 bridgehead atoms. The smallest absolute Gasteiger partial charge is 0.259 e. The maximum absolute atomic E-state index is 12.3. The van der Waals surface area contributed by atoms with Crippen LogP contribution in [0.5, 0.6) is 0 Å². The standard InChI is InChI=1S/C12H18ClN3O3S2/c1-9(2)3-6-19-7-4-14-21(17,18)11-10(13)15-12-16(11)5-8-20-12/h5,8-9,14H,3-4,6-7H2,1-2H3. The minimum absolute atomic E-state index is 0.0184. The number of thiazole rings is 1. The summed E-state index contributed by atoms with van der Waals surface area (Å²) in [5, 5.41) is 1.71. The zero-order valence-electron chi connectivity index (χ0n) is 11.9. The van der Waals surface area contributed by atoms with Gasteiger partial charge in [0, 0.05) is 24.7 Å². The van der Waals surface area contributed by atoms with Gasteiger partial charge in [-0.05, 0) is 12.3 Å². The van der Waals surface area contributed by atoms with E-state index in [4.69, 9.17) is 16.3 Å². The molecule has 2 aromatic rings. The molecule has 0 aliphatic heterocycles. The fourth-order valence-electron chi connectivity index (χ4n) is 1.72. The Balaban J connectivity index is 1.93. The van der Waals surface area contributed by atoms with Gasteiger partial charge in [-0.1, -0.05) is 25.4 Å². The zero-order valence-corrected chi connectivity index (χ0v) is 14.3. The van der Waals surface area contributed by atoms with Gasteiger partial charge >= 0.3 is 0 Å². The quantitative estimate of drug-likeness (QED) is 0.741. The van der Waals surface area contributed by atoms with Crippen molar-refractivity contribution in [1.29, 1.82) is 0 Å². The van der Waals surface area contributed by atoms with Crippen LogP contribution in [0.15, 0.2) is 16.6 Å². The summed E-state index contributed by atoms with van der Waals surface area (Å²) < 4.78 is 33.8. The molecule has 6 nitrogen and oxygen atoms in total. The Morgan fingerprint density at radius 1 is 1.48 bits per heavy atom. The Hall–Kier alpha value is -0.670. The van der Waals surface area contributed by atoms with Crippen LogP contribution in [0.4, 0.5) is 0 Å². The van der Waals surface area contributed by atoms with Crippen LogP contribution >= 0.6 is 22.9 Å². The van der Waals surface area contributed by atoms with Crippen LogP contribution in [0, 0.1) is 5.92 Å². The number of hydrogen-bond donors (Lipinski definition) is 1. The number of rotatable bonds is 8. The largest absolute Gasteiger partial charge is 0.380 e. The minimum atomic E-state index is -3.70. The molecule has 0 saturated heterocycles. The molecule has 0 amide bonds. The van der Waals surface area contributed by atoms with E-state index in [0.717, 1.165) is 6.42 Å². The van der Waals surface area contributed by atoms with Crippen LogP contribution in [0.1, 0.15) is 20.3 Å². The molecule has 0 saturated carbocycles. The van der Waals surface area contributed by atoms with Gasteiger partial charge in [-0.15, -0.1) is 11.3 Å². The molecule has 118 valence electrons. The molecule has 0 atom stereocenters. The highest BCUT2D eigenvalue weighted by atomic mass is 35.5. The summed E-state index contributed by atoms with van der Waals surface area (Å²) in [4.78, 5) is 4.56. The van der Waals surface area contributed by atoms with Gasteiger partial charge in [0.25, 0.3) is 10.0 Å². The second-order valence-electron chi connectivity index (χ2n) is 4.96. The van der Waals surface area contributed by atoms with Crippen molar-refractivity contribution in [2.45, 2.75) is 25.3 Å². The van der Waals surface area contributed by atoms with Crippen molar-refractivity contribution in [1.82, 2.24) is 14.1 Å². The second-order valence-corrected chi connectivity index (χ2v) is 7.87. The van der Waals surface area contributed by atoms with E-state index in [-0.39, 0.29) is 16.7 Å². The highest BCUT2D eigenvalue weighted by molar-refractivity contribution is 7.89. The van der Waals surface area contributed by atoms with Gasteiger partial charge in [0.15, 0.2) is 15.1 Å². The molecular formula is C12H18ClN3O3S2. The third-order valence-corrected chi connectivity index (χ3v) is 5.43. The maximum atomic E-state index is 12.3. The number of nitrogens with one attached hydrogen (secondary N) is 1. The average Bonchev–Trinajstić information content (AvgIpc) is 2.92. The van der Waals surface area contributed by atoms with Crippen LogP contribution < -0.4 is 4.72 Å². The van der Waals surface area contributed by atoms with Gasteiger partial charge in [-0.3, -0.25) is 4.40 Å². The highest BCUT2D eigenvalue weighted by Gasteiger charge is 2.24. The van der Waals surface area contributed by atoms with E-state index in [2.05, 4.69) is 23.6 Å². The Bertz CT molecular complexity index is 694. The number of aromatic nitrogens is 2. The molecule has 2 aromatic heterocycles. The molecule has 0 fully saturated rings. The normalized spacial score (nSPS) is 12.6. The Kier molecular flexibility index (Phi) is 5.61. The van der Waals surface area contributed by atoms with Crippen molar-refractivity contribution < 1.29 is 13.2 Å². The topological polar surface area (TPSA) is 72.7 Å². The number of halogens is 1. The number of hydrogen-bond acceptors (Lipinski definition) is 5. The van der Waals surface area contributed by atoms with E-state index >= 15 is 0 Å². The van der Waals surface area contributed by atoms with E-state index in [1.54, 1.807) is 11.6 Å². The molecule has 0 aliphatic carbocycles. The van der Waals surface area contributed by atoms with Crippen LogP contribution in [0.25, 0.3) is 4.96 Å². The van der Waals surface area contributed by atoms with E-state index in [1.807, 2.05) is 0 Å². The zero-order chi connectivity index (χ0) is 15.5. The van der Waals surface area contributed by atoms with Crippen molar-refractivity contribution in [3.63, 3.8) is 0 Å². The first-order chi connectivity index (χ1) is 9.92. The average molecular weight is 352 g/mol. The second kappa shape index (κ2) is 7.06. The third-order valence-electron chi connectivity index (χ3n) is 2.81. The monoisotopic (exact) mass is 351 g/mol. The molecule has 2 rings (SSSR count). The van der Waals surface area contributed by atoms with Crippen molar-refractivity contribution in [3.8, 4) is 0 Å². The predicted octanol–water partition coefficient (Wildman–Crippen LogP) is 2.39. The predicted molar refractivity (Wildman–Crippen MR) is 83.5 cm³/mol. The molecule has 0 unspecified atom stereocenters. The van der Waals surface area contributed by atoms with Gasteiger partial charge in [0.1, 0.15) is 0 Å². The van der Waals surface area contributed by atoms with Gasteiger partial charge in [0.05, 0.1) is 6.61 Å². The number of nitrogens with zero attached hydrogens (tertiary/aromatic N) is 2. The fourth-order valence-corrected chi connectivity index (χ4v) is 4.18. The van der Waals surface area contributed by atoms with E-state index < -0.39 is 10.0 Å². The summed E-state index contributed by atoms with van der Waals surface area (Å²) >= 11 is 7.24. The summed E-state index contributed by atoms with van der Waals surface area (Å²) in [6, 6.07) is 0. The number of ether oxygens (including phenoxy) is 1. The number of sulfonamides is 1. The van der Waals surface area contributed by atoms with Crippen LogP contribution in [-0.2, 0) is 14.8 Å². The molecule has 2 heterocycles. The van der Waals surface area contributed by atoms with Crippen LogP contribution in [0.2, 0.25) is 5.15 Å². The third kappa shape index (κ3) is 4.17. The Morgan fingerprint density at radius 2 is 2.24 bits per heavy atom. The highest BCUT2D eigenvalue weighted by Crippen LogP contribution is 2.24. The summed E-state index contributed by atoms with van der Waals surface area (Å²) in [5.41, 5.74) is 0. The fraction of sp³-hybridized carbons (Fsp3) is 0.583. The molecule has 21 heavy (non-hydrogen) atoms. The molecule has 0 aliphatic rings. The van der Waals surface area contributed by atoms with Gasteiger partial charge in [-0.25, -0.2) is 18.1 Å². The maximum Gasteiger partial charge on any atom is 0.259 e. The first-order valence-corrected chi connectivity index (χ1v) is 9.34. The molecule has 0 radical (unpaired) electrons. The van der Waals surface area contributed by atoms with Crippen molar-refractivity contribution in [2.75, 3.05) is 19.8 Å². The molecule has 9 heteroatoms. The van der Waals surface area contributed by atoms with E-state index in [0.29, 0.717) is 24.1 Å². The minimum Gasteiger partial charge on any atom is -0.380 e. The van der Waals surface area contributed by atoms with Gasteiger partial charge in [-0.2, -0.15) is 0 Å². The van der Waals surface area contributed by atoms with Crippen molar-refractivity contribution >= 4 is 37.9 Å². The van der Waals surface area contributed by atoms with Crippen LogP contribution in [0.3, 0.4) is 0 Å². The Morgan fingerprint density at radius 3 is 2.95 bits per heavy atom. The molecular weight excluding hydrogens is 334 g/mol. The molecule has 0 aromatic carbocycles. The summed E-state index contributed by atoms with van der Waals surface area (Å²) in [7, 11) is -3.70. The molecule has 0 spiro atoms. The van der Waals surface area contributed by atoms with Gasteiger partial charge in [0.2, 0.25) is 0 Å². The first kappa shape index (κ1) is 16.7. The number of fused-ring (bicyclic) bond motifs is 1. The lowest BCUT2D eigenvalue weighted by molar-refractivity contribution is 0.128. The van der Waals surface area contributed by atoms with Gasteiger partial charge < -0.3 is 4.74 Å². The van der Waals surface area contributed by atoms with Crippen molar-refractivity contribution in [2.24, 2.45) is 5.92 Å². The lowest BCUT2D eigenvalue weighted by Crippen LogP contribution is -2.28. The summed E-state index contributed by atoms with van der Waals surface area (Å²) in [6.07, 6.45) is 2.59. The summed E-state index contributed by atoms with van der Waals surface area (Å²) in [5.74, 6) is 0.569. The van der Waals surface area contributed by atoms with E-state index in [1.165, 1.54) is 15.7 Å². The van der Waals surface area contributed by atoms with Crippen LogP contribution in [-0.4, -0.2) is 37.6 Å². The summed E-state index contributed by atoms with van der Waals surface area (Å²) in [6.45, 7) is 5.38. The SMILES string of the molecule is CC(C)CCOCCNS(=O)(=O)c1c(Cl)nc2sccn12. The first-order valence-electron chi connectivity index (χ1n) is 6.60. The lowest BCUT2D eigenvalue weighted by atomic mass is 10.1. The van der Waals surface area contributed by atoms with E-state index in [9.17, 15) is 8.42 Å². The van der Waals surface area contributed by atoms with Crippen molar-refractivity contribution in [3.05, 3.63) is 16.7 Å².